The van der Waals surface area contributed by atoms with Crippen molar-refractivity contribution in [1.82, 2.24) is 19.8 Å². The van der Waals surface area contributed by atoms with Crippen LogP contribution in [0.5, 0.6) is 0 Å². The van der Waals surface area contributed by atoms with Crippen LogP contribution in [0.4, 0.5) is 5.69 Å². The van der Waals surface area contributed by atoms with Crippen molar-refractivity contribution in [3.63, 3.8) is 0 Å². The lowest BCUT2D eigenvalue weighted by Gasteiger charge is -2.30. The van der Waals surface area contributed by atoms with Crippen molar-refractivity contribution in [2.45, 2.75) is 46.7 Å². The number of hydrogen-bond donors (Lipinski definition) is 0. The van der Waals surface area contributed by atoms with Gasteiger partial charge in [-0.25, -0.2) is 18.4 Å². The van der Waals surface area contributed by atoms with Gasteiger partial charge >= 0.3 is 0 Å². The van der Waals surface area contributed by atoms with Gasteiger partial charge in [-0.05, 0) is 70.0 Å². The monoisotopic (exact) mass is 543 g/mol. The maximum absolute atomic E-state index is 13.9. The Hall–Kier alpha value is -2.75. The van der Waals surface area contributed by atoms with E-state index in [1.807, 2.05) is 26.0 Å². The molecule has 0 unspecified atom stereocenters. The summed E-state index contributed by atoms with van der Waals surface area (Å²) in [7, 11) is -3.56. The highest BCUT2D eigenvalue weighted by atomic mass is 35.5. The van der Waals surface area contributed by atoms with Crippen LogP contribution in [0.1, 0.15) is 47.6 Å². The summed E-state index contributed by atoms with van der Waals surface area (Å²) >= 11 is 6.31. The van der Waals surface area contributed by atoms with Crippen LogP contribution in [0.2, 0.25) is 5.02 Å². The first-order chi connectivity index (χ1) is 17.4. The van der Waals surface area contributed by atoms with Crippen LogP contribution in [-0.2, 0) is 16.6 Å². The van der Waals surface area contributed by atoms with E-state index in [9.17, 15) is 13.2 Å². The molecule has 0 bridgehead atoms. The van der Waals surface area contributed by atoms with Crippen LogP contribution < -0.4 is 4.31 Å². The number of sulfonamides is 1. The average Bonchev–Trinajstić information content (AvgIpc) is 2.86. The summed E-state index contributed by atoms with van der Waals surface area (Å²) in [4.78, 5) is 27.1. The first-order valence-electron chi connectivity index (χ1n) is 12.5. The van der Waals surface area contributed by atoms with Crippen LogP contribution in [0.15, 0.2) is 36.4 Å². The number of carbonyl (C=O) groups excluding carboxylic acids is 1. The summed E-state index contributed by atoms with van der Waals surface area (Å²) in [6.07, 6.45) is 1.87. The minimum absolute atomic E-state index is 0.142. The molecule has 8 nitrogen and oxygen atoms in total. The highest BCUT2D eigenvalue weighted by Gasteiger charge is 2.26. The molecular weight excluding hydrogens is 510 g/mol. The summed E-state index contributed by atoms with van der Waals surface area (Å²) in [5, 5.41) is 0.447. The number of fused-ring (bicyclic) bond motifs is 2. The minimum Gasteiger partial charge on any atom is -0.333 e. The van der Waals surface area contributed by atoms with Crippen molar-refractivity contribution in [2.75, 3.05) is 36.7 Å². The quantitative estimate of drug-likeness (QED) is 0.486. The molecule has 0 aliphatic carbocycles. The van der Waals surface area contributed by atoms with Crippen LogP contribution in [0, 0.1) is 13.8 Å². The van der Waals surface area contributed by atoms with Gasteiger partial charge in [0.25, 0.3) is 5.91 Å². The number of carbonyl (C=O) groups is 1. The van der Waals surface area contributed by atoms with E-state index in [1.165, 1.54) is 10.6 Å². The topological polar surface area (TPSA) is 86.7 Å². The van der Waals surface area contributed by atoms with E-state index < -0.39 is 10.0 Å². The lowest BCUT2D eigenvalue weighted by molar-refractivity contribution is 0.0712. The molecule has 3 aromatic rings. The second-order valence-corrected chi connectivity index (χ2v) is 12.3. The number of rotatable bonds is 3. The Balaban J connectivity index is 1.77. The summed E-state index contributed by atoms with van der Waals surface area (Å²) in [6, 6.07) is 10.9. The molecule has 4 rings (SSSR count). The molecule has 1 aliphatic heterocycles. The van der Waals surface area contributed by atoms with Crippen LogP contribution in [0.3, 0.4) is 0 Å². The molecule has 0 saturated heterocycles. The average molecular weight is 544 g/mol. The highest BCUT2D eigenvalue weighted by Crippen LogP contribution is 2.29. The fraction of sp³-hybridized carbons (Fsp3) is 0.444. The summed E-state index contributed by atoms with van der Waals surface area (Å²) < 4.78 is 27.0. The second kappa shape index (κ2) is 10.9. The normalized spacial score (nSPS) is 16.1. The summed E-state index contributed by atoms with van der Waals surface area (Å²) in [5.74, 6) is -0.142. The molecule has 0 saturated carbocycles. The third-order valence-electron chi connectivity index (χ3n) is 6.88. The lowest BCUT2D eigenvalue weighted by atomic mass is 10.1. The van der Waals surface area contributed by atoms with Gasteiger partial charge in [0, 0.05) is 49.4 Å². The molecule has 2 aromatic carbocycles. The van der Waals surface area contributed by atoms with Crippen LogP contribution in [0.25, 0.3) is 11.0 Å². The van der Waals surface area contributed by atoms with Crippen molar-refractivity contribution < 1.29 is 13.2 Å². The molecule has 1 aliphatic rings. The Morgan fingerprint density at radius 1 is 0.946 bits per heavy atom. The van der Waals surface area contributed by atoms with Gasteiger partial charge in [0.1, 0.15) is 0 Å². The Bertz CT molecular complexity index is 1430. The fourth-order valence-electron chi connectivity index (χ4n) is 4.67. The third kappa shape index (κ3) is 6.22. The molecule has 0 atom stereocenters. The largest absolute Gasteiger partial charge is 0.333 e. The predicted molar refractivity (Wildman–Crippen MR) is 149 cm³/mol. The zero-order valence-electron chi connectivity index (χ0n) is 22.0. The van der Waals surface area contributed by atoms with Crippen molar-refractivity contribution in [2.24, 2.45) is 0 Å². The van der Waals surface area contributed by atoms with Crippen LogP contribution >= 0.6 is 11.6 Å². The summed E-state index contributed by atoms with van der Waals surface area (Å²) in [5.41, 5.74) is 4.86. The molecule has 2 heterocycles. The molecule has 0 spiro atoms. The van der Waals surface area contributed by atoms with Gasteiger partial charge in [0.2, 0.25) is 10.0 Å². The number of hydrogen-bond acceptors (Lipinski definition) is 6. The molecular formula is C27H34ClN5O3S. The first kappa shape index (κ1) is 27.3. The number of halogens is 1. The van der Waals surface area contributed by atoms with E-state index in [1.54, 1.807) is 29.2 Å². The van der Waals surface area contributed by atoms with Gasteiger partial charge < -0.3 is 4.90 Å². The van der Waals surface area contributed by atoms with Crippen LogP contribution in [-0.4, -0.2) is 72.6 Å². The van der Waals surface area contributed by atoms with E-state index in [0.717, 1.165) is 22.5 Å². The maximum atomic E-state index is 13.9. The smallest absolute Gasteiger partial charge is 0.254 e. The van der Waals surface area contributed by atoms with Gasteiger partial charge in [-0.2, -0.15) is 0 Å². The number of aromatic nitrogens is 2. The zero-order chi connectivity index (χ0) is 26.9. The van der Waals surface area contributed by atoms with E-state index in [0.29, 0.717) is 54.4 Å². The fourth-order valence-corrected chi connectivity index (χ4v) is 5.82. The molecule has 0 N–H and O–H groups in total. The second-order valence-electron chi connectivity index (χ2n) is 9.92. The Kier molecular flexibility index (Phi) is 8.06. The molecule has 198 valence electrons. The van der Waals surface area contributed by atoms with Gasteiger partial charge in [-0.15, -0.1) is 0 Å². The van der Waals surface area contributed by atoms with E-state index in [2.05, 4.69) is 28.7 Å². The van der Waals surface area contributed by atoms with Gasteiger partial charge in [-0.3, -0.25) is 14.0 Å². The summed E-state index contributed by atoms with van der Waals surface area (Å²) in [6.45, 7) is 10.5. The lowest BCUT2D eigenvalue weighted by Crippen LogP contribution is -2.41. The number of benzene rings is 2. The number of aryl methyl sites for hydroxylation is 2. The molecule has 37 heavy (non-hydrogen) atoms. The molecule has 10 heteroatoms. The van der Waals surface area contributed by atoms with Crippen molar-refractivity contribution >= 4 is 44.3 Å². The predicted octanol–water partition coefficient (Wildman–Crippen LogP) is 4.42. The van der Waals surface area contributed by atoms with Gasteiger partial charge in [0.05, 0.1) is 34.4 Å². The van der Waals surface area contributed by atoms with Crippen molar-refractivity contribution in [3.05, 3.63) is 63.9 Å². The third-order valence-corrected chi connectivity index (χ3v) is 8.30. The molecule has 1 aromatic heterocycles. The maximum Gasteiger partial charge on any atom is 0.254 e. The Morgan fingerprint density at radius 3 is 2.32 bits per heavy atom. The minimum atomic E-state index is -3.56. The number of anilines is 1. The van der Waals surface area contributed by atoms with E-state index >= 15 is 0 Å². The van der Waals surface area contributed by atoms with Gasteiger partial charge in [-0.1, -0.05) is 17.7 Å². The molecule has 0 fully saturated rings. The van der Waals surface area contributed by atoms with Crippen molar-refractivity contribution in [1.29, 1.82) is 0 Å². The van der Waals surface area contributed by atoms with E-state index in [4.69, 9.17) is 11.6 Å². The zero-order valence-corrected chi connectivity index (χ0v) is 23.6. The molecule has 1 amide bonds. The Labute approximate surface area is 224 Å². The molecule has 0 radical (unpaired) electrons. The van der Waals surface area contributed by atoms with Gasteiger partial charge in [0.15, 0.2) is 0 Å². The Morgan fingerprint density at radius 2 is 1.65 bits per heavy atom. The number of amides is 1. The standard InChI is InChI=1S/C27H34ClN5O3S/c1-18(2)31-11-6-12-33(37(5,35)36)26-16-23(28)9-7-22(26)17-32(14-13-31)27(34)21-8-10-24-25(15-21)30-20(4)19(3)29-24/h7-10,15-16,18H,6,11-14,17H2,1-5H3. The van der Waals surface area contributed by atoms with Crippen molar-refractivity contribution in [3.8, 4) is 0 Å². The first-order valence-corrected chi connectivity index (χ1v) is 14.7. The number of nitrogens with zero attached hydrogens (tertiary/aromatic N) is 5. The van der Waals surface area contributed by atoms with E-state index in [-0.39, 0.29) is 18.5 Å². The highest BCUT2D eigenvalue weighted by molar-refractivity contribution is 7.92. The SMILES string of the molecule is Cc1nc2ccc(C(=O)N3CCN(C(C)C)CCCN(S(C)(=O)=O)c4cc(Cl)ccc4C3)cc2nc1C.